The van der Waals surface area contributed by atoms with Gasteiger partial charge in [0.05, 0.1) is 15.7 Å². The van der Waals surface area contributed by atoms with Crippen LogP contribution in [0, 0.1) is 0 Å². The Hall–Kier alpha value is -1.31. The lowest BCUT2D eigenvalue weighted by Crippen LogP contribution is -2.31. The lowest BCUT2D eigenvalue weighted by atomic mass is 10.2. The second-order valence-electron chi connectivity index (χ2n) is 5.31. The third-order valence-electron chi connectivity index (χ3n) is 3.69. The van der Waals surface area contributed by atoms with E-state index in [-0.39, 0.29) is 15.5 Å². The molecule has 0 radical (unpaired) electrons. The minimum Gasteiger partial charge on any atom is -0.321 e. The quantitative estimate of drug-likeness (QED) is 0.699. The molecular weight excluding hydrogens is 419 g/mol. The molecule has 0 spiro atoms. The van der Waals surface area contributed by atoms with E-state index < -0.39 is 15.9 Å². The van der Waals surface area contributed by atoms with Crippen molar-refractivity contribution in [3.8, 4) is 0 Å². The zero-order chi connectivity index (χ0) is 19.5. The lowest BCUT2D eigenvalue weighted by molar-refractivity contribution is 0.102. The van der Waals surface area contributed by atoms with E-state index in [1.165, 1.54) is 28.6 Å². The first kappa shape index (κ1) is 21.0. The monoisotopic (exact) mass is 434 g/mol. The largest absolute Gasteiger partial charge is 0.321 e. The normalized spacial score (nSPS) is 11.6. The Morgan fingerprint density at radius 2 is 1.62 bits per heavy atom. The molecule has 1 amide bonds. The van der Waals surface area contributed by atoms with E-state index >= 15 is 0 Å². The summed E-state index contributed by atoms with van der Waals surface area (Å²) in [6, 6.07) is 8.73. The second kappa shape index (κ2) is 8.59. The van der Waals surface area contributed by atoms with Crippen LogP contribution in [0.3, 0.4) is 0 Å². The van der Waals surface area contributed by atoms with Crippen molar-refractivity contribution in [3.05, 3.63) is 57.0 Å². The number of amides is 1. The summed E-state index contributed by atoms with van der Waals surface area (Å²) < 4.78 is 26.7. The van der Waals surface area contributed by atoms with Crippen molar-refractivity contribution in [2.45, 2.75) is 18.7 Å². The highest BCUT2D eigenvalue weighted by Crippen LogP contribution is 2.28. The maximum Gasteiger partial charge on any atom is 0.255 e. The summed E-state index contributed by atoms with van der Waals surface area (Å²) in [6.45, 7) is 4.05. The van der Waals surface area contributed by atoms with Gasteiger partial charge >= 0.3 is 0 Å². The van der Waals surface area contributed by atoms with E-state index in [9.17, 15) is 13.2 Å². The van der Waals surface area contributed by atoms with E-state index in [0.29, 0.717) is 28.8 Å². The summed E-state index contributed by atoms with van der Waals surface area (Å²) in [6.07, 6.45) is 0. The van der Waals surface area contributed by atoms with E-state index in [2.05, 4.69) is 5.32 Å². The van der Waals surface area contributed by atoms with Crippen molar-refractivity contribution in [2.75, 3.05) is 18.4 Å². The molecule has 2 aromatic rings. The van der Waals surface area contributed by atoms with Crippen LogP contribution < -0.4 is 5.32 Å². The summed E-state index contributed by atoms with van der Waals surface area (Å²) in [4.78, 5) is 12.4. The number of benzene rings is 2. The predicted octanol–water partition coefficient (Wildman–Crippen LogP) is 4.93. The van der Waals surface area contributed by atoms with Crippen LogP contribution in [0.15, 0.2) is 41.3 Å². The molecule has 0 fully saturated rings. The Balaban J connectivity index is 2.40. The van der Waals surface area contributed by atoms with Gasteiger partial charge in [0.2, 0.25) is 10.0 Å². The summed E-state index contributed by atoms with van der Waals surface area (Å²) >= 11 is 18.0. The van der Waals surface area contributed by atoms with Crippen molar-refractivity contribution >= 4 is 56.4 Å². The molecule has 26 heavy (non-hydrogen) atoms. The molecule has 0 aliphatic rings. The fourth-order valence-corrected chi connectivity index (χ4v) is 4.63. The Bertz CT molecular complexity index is 929. The van der Waals surface area contributed by atoms with Gasteiger partial charge in [-0.25, -0.2) is 8.42 Å². The summed E-state index contributed by atoms with van der Waals surface area (Å²) in [5.74, 6) is -0.526. The van der Waals surface area contributed by atoms with Gasteiger partial charge in [0, 0.05) is 23.7 Å². The number of anilines is 1. The van der Waals surface area contributed by atoms with Gasteiger partial charge in [0.25, 0.3) is 5.91 Å². The Labute approximate surface area is 167 Å². The van der Waals surface area contributed by atoms with Crippen LogP contribution >= 0.6 is 34.8 Å². The minimum absolute atomic E-state index is 0.0502. The van der Waals surface area contributed by atoms with Gasteiger partial charge in [-0.15, -0.1) is 0 Å². The standard InChI is InChI=1S/C17H17Cl3N2O3S/c1-3-22(4-2)26(24,25)16-9-11(5-7-14(16)20)17(23)21-15-10-12(18)6-8-13(15)19/h5-10H,3-4H2,1-2H3,(H,21,23). The topological polar surface area (TPSA) is 66.5 Å². The van der Waals surface area contributed by atoms with Crippen LogP contribution in [-0.2, 0) is 10.0 Å². The molecule has 5 nitrogen and oxygen atoms in total. The SMILES string of the molecule is CCN(CC)S(=O)(=O)c1cc(C(=O)Nc2cc(Cl)ccc2Cl)ccc1Cl. The Morgan fingerprint density at radius 3 is 2.23 bits per heavy atom. The van der Waals surface area contributed by atoms with Gasteiger partial charge in [-0.05, 0) is 36.4 Å². The molecule has 2 aromatic carbocycles. The number of sulfonamides is 1. The molecule has 0 atom stereocenters. The molecule has 9 heteroatoms. The summed E-state index contributed by atoms with van der Waals surface area (Å²) in [7, 11) is -3.80. The van der Waals surface area contributed by atoms with Crippen molar-refractivity contribution in [3.63, 3.8) is 0 Å². The molecule has 0 saturated heterocycles. The van der Waals surface area contributed by atoms with Crippen LogP contribution in [0.1, 0.15) is 24.2 Å². The van der Waals surface area contributed by atoms with Crippen molar-refractivity contribution in [2.24, 2.45) is 0 Å². The molecule has 1 N–H and O–H groups in total. The first-order valence-corrected chi connectivity index (χ1v) is 10.3. The molecule has 140 valence electrons. The zero-order valence-electron chi connectivity index (χ0n) is 14.1. The fraction of sp³-hybridized carbons (Fsp3) is 0.235. The number of carbonyl (C=O) groups is 1. The van der Waals surface area contributed by atoms with E-state index in [1.54, 1.807) is 26.0 Å². The van der Waals surface area contributed by atoms with E-state index in [0.717, 1.165) is 0 Å². The van der Waals surface area contributed by atoms with Gasteiger partial charge < -0.3 is 5.32 Å². The lowest BCUT2D eigenvalue weighted by Gasteiger charge is -2.19. The van der Waals surface area contributed by atoms with Crippen LogP contribution in [0.25, 0.3) is 0 Å². The number of nitrogens with one attached hydrogen (secondary N) is 1. The van der Waals surface area contributed by atoms with E-state index in [1.807, 2.05) is 0 Å². The number of hydrogen-bond donors (Lipinski definition) is 1. The van der Waals surface area contributed by atoms with Crippen LogP contribution in [0.5, 0.6) is 0 Å². The molecule has 0 aliphatic carbocycles. The summed E-state index contributed by atoms with van der Waals surface area (Å²) in [5.41, 5.74) is 0.462. The second-order valence-corrected chi connectivity index (χ2v) is 8.47. The van der Waals surface area contributed by atoms with Crippen LogP contribution in [0.4, 0.5) is 5.69 Å². The Kier molecular flexibility index (Phi) is 6.93. The highest BCUT2D eigenvalue weighted by atomic mass is 35.5. The Morgan fingerprint density at radius 1 is 1.00 bits per heavy atom. The van der Waals surface area contributed by atoms with Gasteiger partial charge in [-0.1, -0.05) is 48.7 Å². The molecule has 0 saturated carbocycles. The molecule has 0 aliphatic heterocycles. The number of rotatable bonds is 6. The highest BCUT2D eigenvalue weighted by Gasteiger charge is 2.25. The highest BCUT2D eigenvalue weighted by molar-refractivity contribution is 7.89. The van der Waals surface area contributed by atoms with Crippen molar-refractivity contribution < 1.29 is 13.2 Å². The number of halogens is 3. The van der Waals surface area contributed by atoms with Gasteiger partial charge in [0.15, 0.2) is 0 Å². The number of hydrogen-bond acceptors (Lipinski definition) is 3. The van der Waals surface area contributed by atoms with Gasteiger partial charge in [-0.2, -0.15) is 4.31 Å². The molecule has 2 rings (SSSR count). The zero-order valence-corrected chi connectivity index (χ0v) is 17.2. The number of nitrogens with zero attached hydrogens (tertiary/aromatic N) is 1. The van der Waals surface area contributed by atoms with Gasteiger partial charge in [-0.3, -0.25) is 4.79 Å². The minimum atomic E-state index is -3.80. The maximum atomic E-state index is 12.7. The summed E-state index contributed by atoms with van der Waals surface area (Å²) in [5, 5.41) is 3.39. The van der Waals surface area contributed by atoms with Crippen LogP contribution in [0.2, 0.25) is 15.1 Å². The van der Waals surface area contributed by atoms with Crippen molar-refractivity contribution in [1.29, 1.82) is 0 Å². The third-order valence-corrected chi connectivity index (χ3v) is 6.79. The molecular formula is C17H17Cl3N2O3S. The molecule has 0 aromatic heterocycles. The molecule has 0 unspecified atom stereocenters. The smallest absolute Gasteiger partial charge is 0.255 e. The average Bonchev–Trinajstić information content (AvgIpc) is 2.59. The first-order chi connectivity index (χ1) is 12.2. The predicted molar refractivity (Wildman–Crippen MR) is 106 cm³/mol. The average molecular weight is 436 g/mol. The van der Waals surface area contributed by atoms with Crippen molar-refractivity contribution in [1.82, 2.24) is 4.31 Å². The van der Waals surface area contributed by atoms with Gasteiger partial charge in [0.1, 0.15) is 4.90 Å². The van der Waals surface area contributed by atoms with Crippen LogP contribution in [-0.4, -0.2) is 31.7 Å². The molecule has 0 heterocycles. The fourth-order valence-electron chi connectivity index (χ4n) is 2.33. The molecule has 0 bridgehead atoms. The number of carbonyl (C=O) groups excluding carboxylic acids is 1. The first-order valence-electron chi connectivity index (χ1n) is 7.76. The third kappa shape index (κ3) is 4.50. The maximum absolute atomic E-state index is 12.7. The van der Waals surface area contributed by atoms with E-state index in [4.69, 9.17) is 34.8 Å².